The Morgan fingerprint density at radius 3 is 2.00 bits per heavy atom. The maximum Gasteiger partial charge on any atom is 0.470 e. The molecule has 0 saturated carbocycles. The van der Waals surface area contributed by atoms with Gasteiger partial charge >= 0.3 is 12.1 Å². The number of unbranched alkanes of at least 4 members (excludes halogenated alkanes) is 5. The normalized spacial score (nSPS) is 12.6. The van der Waals surface area contributed by atoms with E-state index >= 15 is 0 Å². The first-order chi connectivity index (χ1) is 8.63. The van der Waals surface area contributed by atoms with E-state index in [0.29, 0.717) is 0 Å². The van der Waals surface area contributed by atoms with Crippen LogP contribution in [0.3, 0.4) is 0 Å². The minimum absolute atomic E-state index is 0.734. The summed E-state index contributed by atoms with van der Waals surface area (Å²) < 4.78 is 38.1. The molecule has 0 radical (unpaired) electrons. The van der Waals surface area contributed by atoms with Gasteiger partial charge in [0.05, 0.1) is 0 Å². The molecule has 0 aromatic rings. The lowest BCUT2D eigenvalue weighted by atomic mass is 10.1. The van der Waals surface area contributed by atoms with E-state index < -0.39 is 20.3 Å². The highest BCUT2D eigenvalue weighted by atomic mass is 28.3. The third kappa shape index (κ3) is 6.99. The molecule has 0 bridgehead atoms. The smallest absolute Gasteiger partial charge is 0.365 e. The van der Waals surface area contributed by atoms with Gasteiger partial charge in [-0.05, 0) is 6.04 Å². The lowest BCUT2D eigenvalue weighted by Gasteiger charge is -2.34. The zero-order valence-electron chi connectivity index (χ0n) is 12.4. The molecule has 0 N–H and O–H groups in total. The van der Waals surface area contributed by atoms with E-state index in [-0.39, 0.29) is 0 Å². The molecule has 0 aliphatic heterocycles. The predicted molar refractivity (Wildman–Crippen MR) is 74.5 cm³/mol. The van der Waals surface area contributed by atoms with Crippen LogP contribution in [-0.4, -0.2) is 31.9 Å². The predicted octanol–water partition coefficient (Wildman–Crippen LogP) is 4.57. The fourth-order valence-electron chi connectivity index (χ4n) is 1.97. The van der Waals surface area contributed by atoms with E-state index in [0.717, 1.165) is 29.9 Å². The first kappa shape index (κ1) is 18.5. The molecule has 0 aromatic heterocycles. The molecular weight excluding hydrogens is 271 g/mol. The summed E-state index contributed by atoms with van der Waals surface area (Å²) in [6.07, 6.45) is 1.93. The molecule has 0 aromatic carbocycles. The second kappa shape index (κ2) is 7.92. The molecule has 6 heteroatoms. The molecule has 0 fully saturated rings. The van der Waals surface area contributed by atoms with Crippen LogP contribution in [0.15, 0.2) is 0 Å². The van der Waals surface area contributed by atoms with Gasteiger partial charge in [0.25, 0.3) is 0 Å². The number of hydrogen-bond acceptors (Lipinski definition) is 1. The Morgan fingerprint density at radius 1 is 1.05 bits per heavy atom. The van der Waals surface area contributed by atoms with Gasteiger partial charge in [-0.2, -0.15) is 13.2 Å². The zero-order valence-corrected chi connectivity index (χ0v) is 13.4. The van der Waals surface area contributed by atoms with Gasteiger partial charge in [0.2, 0.25) is 0 Å². The van der Waals surface area contributed by atoms with Crippen molar-refractivity contribution in [1.29, 1.82) is 0 Å². The number of carbonyl (C=O) groups excluding carboxylic acids is 1. The molecule has 0 saturated heterocycles. The Morgan fingerprint density at radius 2 is 1.53 bits per heavy atom. The Bertz CT molecular complexity index is 280. The van der Waals surface area contributed by atoms with Crippen LogP contribution >= 0.6 is 0 Å². The van der Waals surface area contributed by atoms with E-state index in [2.05, 4.69) is 6.92 Å². The van der Waals surface area contributed by atoms with E-state index in [1.807, 2.05) is 13.1 Å². The van der Waals surface area contributed by atoms with Crippen molar-refractivity contribution in [1.82, 2.24) is 4.57 Å². The molecular formula is C13H26F3NOSi. The summed E-state index contributed by atoms with van der Waals surface area (Å²) in [5.41, 5.74) is 0. The van der Waals surface area contributed by atoms with Crippen molar-refractivity contribution in [3.05, 3.63) is 0 Å². The van der Waals surface area contributed by atoms with Crippen LogP contribution in [0.2, 0.25) is 19.1 Å². The second-order valence-electron chi connectivity index (χ2n) is 5.69. The van der Waals surface area contributed by atoms with Crippen molar-refractivity contribution in [2.24, 2.45) is 0 Å². The van der Waals surface area contributed by atoms with Gasteiger partial charge in [0.1, 0.15) is 0 Å². The van der Waals surface area contributed by atoms with Crippen molar-refractivity contribution < 1.29 is 18.0 Å². The zero-order chi connectivity index (χ0) is 15.1. The molecule has 0 atom stereocenters. The molecule has 0 unspecified atom stereocenters. The van der Waals surface area contributed by atoms with Crippen LogP contribution in [-0.2, 0) is 4.79 Å². The number of amides is 1. The second-order valence-corrected chi connectivity index (χ2v) is 10.5. The fourth-order valence-corrected chi connectivity index (χ4v) is 4.10. The molecule has 0 spiro atoms. The third-order valence-corrected chi connectivity index (χ3v) is 7.19. The number of nitrogens with zero attached hydrogens (tertiary/aromatic N) is 1. The SMILES string of the molecule is CCCCCCCC[Si](C)(C)N(C)C(=O)C(F)(F)F. The average molecular weight is 297 g/mol. The maximum absolute atomic E-state index is 12.4. The van der Waals surface area contributed by atoms with Crippen LogP contribution in [0.4, 0.5) is 13.2 Å². The lowest BCUT2D eigenvalue weighted by Crippen LogP contribution is -2.53. The number of carbonyl (C=O) groups is 1. The highest BCUT2D eigenvalue weighted by Gasteiger charge is 2.45. The summed E-state index contributed by atoms with van der Waals surface area (Å²) >= 11 is 0. The van der Waals surface area contributed by atoms with Crippen molar-refractivity contribution in [3.8, 4) is 0 Å². The van der Waals surface area contributed by atoms with Gasteiger partial charge < -0.3 is 4.57 Å². The molecule has 114 valence electrons. The van der Waals surface area contributed by atoms with Gasteiger partial charge in [0, 0.05) is 7.05 Å². The summed E-state index contributed by atoms with van der Waals surface area (Å²) in [7, 11) is -0.993. The van der Waals surface area contributed by atoms with Gasteiger partial charge in [-0.3, -0.25) is 4.79 Å². The first-order valence-corrected chi connectivity index (χ1v) is 10.1. The van der Waals surface area contributed by atoms with E-state index in [1.54, 1.807) is 0 Å². The van der Waals surface area contributed by atoms with Crippen molar-refractivity contribution in [3.63, 3.8) is 0 Å². The van der Waals surface area contributed by atoms with Crippen LogP contribution in [0, 0.1) is 0 Å². The number of alkyl halides is 3. The monoisotopic (exact) mass is 297 g/mol. The van der Waals surface area contributed by atoms with Gasteiger partial charge in [-0.1, -0.05) is 58.5 Å². The molecule has 2 nitrogen and oxygen atoms in total. The van der Waals surface area contributed by atoms with Crippen molar-refractivity contribution in [2.45, 2.75) is 70.8 Å². The van der Waals surface area contributed by atoms with Gasteiger partial charge in [-0.15, -0.1) is 0 Å². The van der Waals surface area contributed by atoms with Crippen LogP contribution in [0.5, 0.6) is 0 Å². The fraction of sp³-hybridized carbons (Fsp3) is 0.923. The van der Waals surface area contributed by atoms with Crippen molar-refractivity contribution in [2.75, 3.05) is 7.05 Å². The Kier molecular flexibility index (Phi) is 7.70. The minimum atomic E-state index is -4.75. The summed E-state index contributed by atoms with van der Waals surface area (Å²) in [5, 5.41) is 0. The molecule has 0 aliphatic carbocycles. The van der Waals surface area contributed by atoms with E-state index in [9.17, 15) is 18.0 Å². The largest absolute Gasteiger partial charge is 0.470 e. The lowest BCUT2D eigenvalue weighted by molar-refractivity contribution is -0.179. The molecule has 0 rings (SSSR count). The minimum Gasteiger partial charge on any atom is -0.365 e. The first-order valence-electron chi connectivity index (χ1n) is 6.98. The standard InChI is InChI=1S/C13H26F3NOSi/c1-5-6-7-8-9-10-11-19(3,4)17(2)12(18)13(14,15)16/h5-11H2,1-4H3. The Balaban J connectivity index is 4.13. The topological polar surface area (TPSA) is 20.3 Å². The summed E-state index contributed by atoms with van der Waals surface area (Å²) in [6, 6.07) is 0.734. The highest BCUT2D eigenvalue weighted by molar-refractivity contribution is 6.76. The third-order valence-electron chi connectivity index (χ3n) is 3.60. The van der Waals surface area contributed by atoms with E-state index in [1.165, 1.54) is 26.3 Å². The number of rotatable bonds is 8. The quantitative estimate of drug-likeness (QED) is 0.474. The number of hydrogen-bond donors (Lipinski definition) is 0. The van der Waals surface area contributed by atoms with Crippen LogP contribution in [0.25, 0.3) is 0 Å². The molecule has 0 heterocycles. The van der Waals surface area contributed by atoms with Gasteiger partial charge in [-0.25, -0.2) is 0 Å². The van der Waals surface area contributed by atoms with Crippen LogP contribution in [0.1, 0.15) is 45.4 Å². The van der Waals surface area contributed by atoms with Crippen LogP contribution < -0.4 is 0 Å². The summed E-state index contributed by atoms with van der Waals surface area (Å²) in [4.78, 5) is 11.2. The molecule has 19 heavy (non-hydrogen) atoms. The highest BCUT2D eigenvalue weighted by Crippen LogP contribution is 2.25. The summed E-state index contributed by atoms with van der Waals surface area (Å²) in [5.74, 6) is -1.70. The Hall–Kier alpha value is -0.523. The Labute approximate surface area is 115 Å². The number of halogens is 3. The van der Waals surface area contributed by atoms with Gasteiger partial charge in [0.15, 0.2) is 8.24 Å². The average Bonchev–Trinajstić information content (AvgIpc) is 2.30. The molecule has 1 amide bonds. The van der Waals surface area contributed by atoms with E-state index in [4.69, 9.17) is 0 Å². The maximum atomic E-state index is 12.4. The van der Waals surface area contributed by atoms with Crippen molar-refractivity contribution >= 4 is 14.1 Å². The molecule has 0 aliphatic rings. The summed E-state index contributed by atoms with van der Waals surface area (Å²) in [6.45, 7) is 5.79.